The van der Waals surface area contributed by atoms with Gasteiger partial charge in [-0.3, -0.25) is 4.79 Å². The van der Waals surface area contributed by atoms with Crippen LogP contribution in [0.2, 0.25) is 0 Å². The Morgan fingerprint density at radius 3 is 2.50 bits per heavy atom. The fourth-order valence-electron chi connectivity index (χ4n) is 3.48. The van der Waals surface area contributed by atoms with Crippen LogP contribution in [0.25, 0.3) is 0 Å². The maximum atomic E-state index is 12.3. The molecule has 0 aliphatic carbocycles. The largest absolute Gasteiger partial charge is 0.497 e. The van der Waals surface area contributed by atoms with E-state index in [0.717, 1.165) is 59.5 Å². The van der Waals surface area contributed by atoms with E-state index in [4.69, 9.17) is 9.47 Å². The molecule has 170 valence electrons. The minimum absolute atomic E-state index is 0.0813. The first-order valence-electron chi connectivity index (χ1n) is 10.7. The predicted octanol–water partition coefficient (Wildman–Crippen LogP) is 4.53. The van der Waals surface area contributed by atoms with Crippen molar-refractivity contribution in [3.63, 3.8) is 0 Å². The van der Waals surface area contributed by atoms with Gasteiger partial charge < -0.3 is 19.4 Å². The number of methoxy groups -OCH3 is 2. The smallest absolute Gasteiger partial charge is 0.234 e. The highest BCUT2D eigenvalue weighted by Gasteiger charge is 2.13. The van der Waals surface area contributed by atoms with E-state index in [1.165, 1.54) is 17.3 Å². The molecule has 0 unspecified atom stereocenters. The van der Waals surface area contributed by atoms with Crippen LogP contribution in [-0.4, -0.2) is 40.6 Å². The molecule has 8 heteroatoms. The number of carbonyl (C=O) groups is 1. The molecule has 0 atom stereocenters. The summed E-state index contributed by atoms with van der Waals surface area (Å²) >= 11 is 1.40. The zero-order valence-corrected chi connectivity index (χ0v) is 19.9. The molecular formula is C24H30N4O3S. The highest BCUT2D eigenvalue weighted by molar-refractivity contribution is 7.99. The minimum atomic E-state index is -0.0813. The van der Waals surface area contributed by atoms with Crippen molar-refractivity contribution < 1.29 is 14.3 Å². The molecule has 0 aliphatic heterocycles. The van der Waals surface area contributed by atoms with Crippen molar-refractivity contribution in [1.82, 2.24) is 14.8 Å². The number of aromatic nitrogens is 3. The molecule has 1 aromatic heterocycles. The van der Waals surface area contributed by atoms with Crippen LogP contribution < -0.4 is 14.8 Å². The summed E-state index contributed by atoms with van der Waals surface area (Å²) in [6.07, 6.45) is 2.78. The monoisotopic (exact) mass is 454 g/mol. The molecule has 2 aromatic carbocycles. The van der Waals surface area contributed by atoms with E-state index in [9.17, 15) is 4.79 Å². The minimum Gasteiger partial charge on any atom is -0.497 e. The Morgan fingerprint density at radius 2 is 1.84 bits per heavy atom. The number of anilines is 1. The number of nitrogens with one attached hydrogen (secondary N) is 1. The Bertz CT molecular complexity index is 1030. The summed E-state index contributed by atoms with van der Waals surface area (Å²) in [7, 11) is 3.31. The lowest BCUT2D eigenvalue weighted by atomic mass is 10.0. The number of aryl methyl sites for hydroxylation is 3. The standard InChI is InChI=1S/C24H30N4O3S/c1-5-28-22(8-6-7-18-9-14-21(31-4)17(2)15-18)26-27-24(28)32-16-23(29)25-19-10-12-20(30-3)13-11-19/h9-15H,5-8,16H2,1-4H3,(H,25,29). The third-order valence-electron chi connectivity index (χ3n) is 5.14. The van der Waals surface area contributed by atoms with Gasteiger partial charge in [0.25, 0.3) is 0 Å². The summed E-state index contributed by atoms with van der Waals surface area (Å²) in [6, 6.07) is 13.6. The van der Waals surface area contributed by atoms with Crippen molar-refractivity contribution in [3.8, 4) is 11.5 Å². The van der Waals surface area contributed by atoms with Crippen molar-refractivity contribution in [2.45, 2.75) is 44.8 Å². The summed E-state index contributed by atoms with van der Waals surface area (Å²) < 4.78 is 12.6. The summed E-state index contributed by atoms with van der Waals surface area (Å²) in [5.74, 6) is 2.81. The van der Waals surface area contributed by atoms with Gasteiger partial charge in [-0.15, -0.1) is 10.2 Å². The molecule has 0 bridgehead atoms. The number of amides is 1. The second kappa shape index (κ2) is 11.6. The number of rotatable bonds is 11. The topological polar surface area (TPSA) is 78.3 Å². The molecule has 0 fully saturated rings. The van der Waals surface area contributed by atoms with E-state index in [1.807, 2.05) is 30.3 Å². The number of carbonyl (C=O) groups excluding carboxylic acids is 1. The normalized spacial score (nSPS) is 10.8. The quantitative estimate of drug-likeness (QED) is 0.429. The number of ether oxygens (including phenoxy) is 2. The molecule has 0 saturated heterocycles. The lowest BCUT2D eigenvalue weighted by Gasteiger charge is -2.09. The lowest BCUT2D eigenvalue weighted by Crippen LogP contribution is -2.14. The van der Waals surface area contributed by atoms with Crippen molar-refractivity contribution >= 4 is 23.4 Å². The number of thioether (sulfide) groups is 1. The van der Waals surface area contributed by atoms with Crippen molar-refractivity contribution in [2.75, 3.05) is 25.3 Å². The van der Waals surface area contributed by atoms with Crippen LogP contribution in [0.4, 0.5) is 5.69 Å². The molecule has 1 heterocycles. The Morgan fingerprint density at radius 1 is 1.06 bits per heavy atom. The van der Waals surface area contributed by atoms with E-state index in [0.29, 0.717) is 0 Å². The van der Waals surface area contributed by atoms with Crippen molar-refractivity contribution in [1.29, 1.82) is 0 Å². The molecule has 0 spiro atoms. The van der Waals surface area contributed by atoms with Gasteiger partial charge in [0.1, 0.15) is 17.3 Å². The first-order valence-corrected chi connectivity index (χ1v) is 11.6. The van der Waals surface area contributed by atoms with E-state index in [-0.39, 0.29) is 11.7 Å². The fraction of sp³-hybridized carbons (Fsp3) is 0.375. The third-order valence-corrected chi connectivity index (χ3v) is 6.11. The van der Waals surface area contributed by atoms with Crippen LogP contribution in [-0.2, 0) is 24.2 Å². The molecule has 7 nitrogen and oxygen atoms in total. The number of nitrogens with zero attached hydrogens (tertiary/aromatic N) is 3. The first kappa shape index (κ1) is 23.7. The third kappa shape index (κ3) is 6.26. The Balaban J connectivity index is 1.51. The van der Waals surface area contributed by atoms with Crippen molar-refractivity contribution in [3.05, 3.63) is 59.4 Å². The number of hydrogen-bond donors (Lipinski definition) is 1. The molecule has 3 rings (SSSR count). The number of hydrogen-bond acceptors (Lipinski definition) is 6. The zero-order valence-electron chi connectivity index (χ0n) is 19.1. The molecule has 0 aliphatic rings. The van der Waals surface area contributed by atoms with Crippen LogP contribution in [0.3, 0.4) is 0 Å². The predicted molar refractivity (Wildman–Crippen MR) is 128 cm³/mol. The fourth-order valence-corrected chi connectivity index (χ4v) is 4.30. The van der Waals surface area contributed by atoms with E-state index < -0.39 is 0 Å². The van der Waals surface area contributed by atoms with Gasteiger partial charge in [0.2, 0.25) is 5.91 Å². The second-order valence-electron chi connectivity index (χ2n) is 7.37. The van der Waals surface area contributed by atoms with Gasteiger partial charge in [-0.05, 0) is 68.1 Å². The van der Waals surface area contributed by atoms with Gasteiger partial charge in [-0.2, -0.15) is 0 Å². The Hall–Kier alpha value is -3.00. The van der Waals surface area contributed by atoms with Crippen LogP contribution in [0.15, 0.2) is 47.6 Å². The zero-order chi connectivity index (χ0) is 22.9. The van der Waals surface area contributed by atoms with Gasteiger partial charge in [0, 0.05) is 18.7 Å². The molecule has 32 heavy (non-hydrogen) atoms. The Kier molecular flexibility index (Phi) is 8.56. The average Bonchev–Trinajstić information content (AvgIpc) is 3.20. The summed E-state index contributed by atoms with van der Waals surface area (Å²) in [6.45, 7) is 4.90. The Labute approximate surface area is 193 Å². The van der Waals surface area contributed by atoms with Gasteiger partial charge in [-0.25, -0.2) is 0 Å². The first-order chi connectivity index (χ1) is 15.5. The second-order valence-corrected chi connectivity index (χ2v) is 8.31. The van der Waals surface area contributed by atoms with Gasteiger partial charge >= 0.3 is 0 Å². The van der Waals surface area contributed by atoms with Crippen LogP contribution in [0.1, 0.15) is 30.3 Å². The van der Waals surface area contributed by atoms with Gasteiger partial charge in [-0.1, -0.05) is 23.9 Å². The molecule has 1 N–H and O–H groups in total. The van der Waals surface area contributed by atoms with E-state index in [1.54, 1.807) is 14.2 Å². The van der Waals surface area contributed by atoms with Gasteiger partial charge in [0.15, 0.2) is 5.16 Å². The van der Waals surface area contributed by atoms with Crippen LogP contribution in [0, 0.1) is 6.92 Å². The van der Waals surface area contributed by atoms with Gasteiger partial charge in [0.05, 0.1) is 20.0 Å². The highest BCUT2D eigenvalue weighted by atomic mass is 32.2. The molecule has 1 amide bonds. The van der Waals surface area contributed by atoms with Crippen LogP contribution in [0.5, 0.6) is 11.5 Å². The summed E-state index contributed by atoms with van der Waals surface area (Å²) in [4.78, 5) is 12.3. The van der Waals surface area contributed by atoms with E-state index in [2.05, 4.69) is 46.1 Å². The maximum Gasteiger partial charge on any atom is 0.234 e. The average molecular weight is 455 g/mol. The van der Waals surface area contributed by atoms with Crippen LogP contribution >= 0.6 is 11.8 Å². The summed E-state index contributed by atoms with van der Waals surface area (Å²) in [5, 5.41) is 12.3. The molecular weight excluding hydrogens is 424 g/mol. The number of benzene rings is 2. The highest BCUT2D eigenvalue weighted by Crippen LogP contribution is 2.22. The van der Waals surface area contributed by atoms with Crippen molar-refractivity contribution in [2.24, 2.45) is 0 Å². The molecule has 3 aromatic rings. The molecule has 0 saturated carbocycles. The summed E-state index contributed by atoms with van der Waals surface area (Å²) in [5.41, 5.74) is 3.17. The SMILES string of the molecule is CCn1c(CCCc2ccc(OC)c(C)c2)nnc1SCC(=O)Nc1ccc(OC)cc1. The molecule has 0 radical (unpaired) electrons. The van der Waals surface area contributed by atoms with E-state index >= 15 is 0 Å². The lowest BCUT2D eigenvalue weighted by molar-refractivity contribution is -0.113. The maximum absolute atomic E-state index is 12.3.